The highest BCUT2D eigenvalue weighted by Gasteiger charge is 2.51. The number of amides is 2. The lowest BCUT2D eigenvalue weighted by atomic mass is 9.53. The number of nitrogens with one attached hydrogen (secondary N) is 1. The summed E-state index contributed by atoms with van der Waals surface area (Å²) in [4.78, 5) is 15.2. The molecule has 1 N–H and O–H groups in total. The molecule has 7 heteroatoms. The zero-order valence-electron chi connectivity index (χ0n) is 19.4. The van der Waals surface area contributed by atoms with Gasteiger partial charge in [0.25, 0.3) is 0 Å². The maximum absolute atomic E-state index is 13.4. The molecule has 0 radical (unpaired) electrons. The van der Waals surface area contributed by atoms with Crippen LogP contribution < -0.4 is 5.32 Å². The molecule has 4 aliphatic rings. The monoisotopic (exact) mass is 471 g/mol. The quantitative estimate of drug-likeness (QED) is 0.478. The van der Waals surface area contributed by atoms with E-state index in [1.165, 1.54) is 31.4 Å². The number of urea groups is 1. The highest BCUT2D eigenvalue weighted by atomic mass is 19.4. The first-order chi connectivity index (χ1) is 16.2. The molecule has 4 bridgehead atoms. The molecule has 1 heterocycles. The average Bonchev–Trinajstić information content (AvgIpc) is 3.18. The summed E-state index contributed by atoms with van der Waals surface area (Å²) in [7, 11) is 0. The Bertz CT molecular complexity index is 1020. The molecule has 0 aliphatic heterocycles. The number of halogens is 3. The summed E-state index contributed by atoms with van der Waals surface area (Å²) < 4.78 is 41.2. The van der Waals surface area contributed by atoms with E-state index >= 15 is 0 Å². The highest BCUT2D eigenvalue weighted by molar-refractivity contribution is 5.75. The molecule has 182 valence electrons. The first kappa shape index (κ1) is 23.1. The smallest absolute Gasteiger partial charge is 0.345 e. The van der Waals surface area contributed by atoms with E-state index in [1.54, 1.807) is 17.0 Å². The predicted molar refractivity (Wildman–Crippen MR) is 125 cm³/mol. The van der Waals surface area contributed by atoms with E-state index < -0.39 is 11.7 Å². The fraction of sp³-hybridized carbons (Fsp3) is 0.519. The van der Waals surface area contributed by atoms with Gasteiger partial charge in [-0.1, -0.05) is 18.2 Å². The van der Waals surface area contributed by atoms with Gasteiger partial charge in [0, 0.05) is 30.5 Å². The summed E-state index contributed by atoms with van der Waals surface area (Å²) in [5, 5.41) is 3.42. The predicted octanol–water partition coefficient (Wildman–Crippen LogP) is 6.22. The number of nitrogens with zero attached hydrogens (tertiary/aromatic N) is 2. The zero-order chi connectivity index (χ0) is 23.9. The minimum absolute atomic E-state index is 0.0753. The third kappa shape index (κ3) is 4.75. The molecule has 4 fully saturated rings. The van der Waals surface area contributed by atoms with Crippen molar-refractivity contribution in [1.29, 1.82) is 0 Å². The van der Waals surface area contributed by atoms with Gasteiger partial charge in [0.2, 0.25) is 0 Å². The molecule has 0 atom stereocenters. The number of rotatable bonds is 7. The van der Waals surface area contributed by atoms with Gasteiger partial charge in [0.05, 0.1) is 12.1 Å². The van der Waals surface area contributed by atoms with Crippen LogP contribution in [0, 0.1) is 17.8 Å². The highest BCUT2D eigenvalue weighted by Crippen LogP contribution is 2.55. The van der Waals surface area contributed by atoms with Crippen LogP contribution in [0.25, 0.3) is 0 Å². The number of benzene rings is 1. The van der Waals surface area contributed by atoms with Crippen LogP contribution in [0.5, 0.6) is 0 Å². The van der Waals surface area contributed by atoms with Crippen LogP contribution in [0.4, 0.5) is 18.0 Å². The number of aromatic nitrogens is 1. The van der Waals surface area contributed by atoms with Crippen LogP contribution in [0.2, 0.25) is 0 Å². The van der Waals surface area contributed by atoms with E-state index in [0.29, 0.717) is 25.2 Å². The Balaban J connectivity index is 1.29. The first-order valence-corrected chi connectivity index (χ1v) is 12.2. The van der Waals surface area contributed by atoms with Gasteiger partial charge in [-0.2, -0.15) is 13.2 Å². The van der Waals surface area contributed by atoms with Crippen molar-refractivity contribution in [3.05, 3.63) is 72.1 Å². The largest absolute Gasteiger partial charge is 0.416 e. The van der Waals surface area contributed by atoms with E-state index in [0.717, 1.165) is 48.8 Å². The van der Waals surface area contributed by atoms with Crippen molar-refractivity contribution >= 4 is 6.03 Å². The third-order valence-electron chi connectivity index (χ3n) is 7.93. The molecule has 1 aromatic heterocycles. The van der Waals surface area contributed by atoms with Gasteiger partial charge in [-0.05, 0) is 86.1 Å². The minimum atomic E-state index is -4.37. The van der Waals surface area contributed by atoms with Crippen molar-refractivity contribution in [2.24, 2.45) is 17.8 Å². The summed E-state index contributed by atoms with van der Waals surface area (Å²) in [6.07, 6.45) is 6.39. The van der Waals surface area contributed by atoms with Gasteiger partial charge in [-0.15, -0.1) is 6.58 Å². The lowest BCUT2D eigenvalue weighted by Crippen LogP contribution is -2.61. The Kier molecular flexibility index (Phi) is 5.98. The van der Waals surface area contributed by atoms with E-state index in [4.69, 9.17) is 0 Å². The Hall–Kier alpha value is -2.70. The lowest BCUT2D eigenvalue weighted by Gasteiger charge is -2.57. The van der Waals surface area contributed by atoms with Crippen molar-refractivity contribution in [2.75, 3.05) is 6.54 Å². The first-order valence-electron chi connectivity index (χ1n) is 12.2. The molecule has 34 heavy (non-hydrogen) atoms. The molecule has 2 amide bonds. The van der Waals surface area contributed by atoms with Gasteiger partial charge in [-0.25, -0.2) is 4.79 Å². The molecule has 0 unspecified atom stereocenters. The molecule has 6 rings (SSSR count). The summed E-state index contributed by atoms with van der Waals surface area (Å²) in [5.74, 6) is 2.22. The Morgan fingerprint density at radius 3 is 2.41 bits per heavy atom. The van der Waals surface area contributed by atoms with Crippen molar-refractivity contribution < 1.29 is 18.0 Å². The van der Waals surface area contributed by atoms with Crippen molar-refractivity contribution in [3.63, 3.8) is 0 Å². The maximum Gasteiger partial charge on any atom is 0.416 e. The summed E-state index contributed by atoms with van der Waals surface area (Å²) >= 11 is 0. The van der Waals surface area contributed by atoms with Gasteiger partial charge in [-0.3, -0.25) is 0 Å². The molecule has 4 saturated carbocycles. The third-order valence-corrected chi connectivity index (χ3v) is 7.93. The van der Waals surface area contributed by atoms with Gasteiger partial charge >= 0.3 is 12.2 Å². The number of carbonyl (C=O) groups excluding carboxylic acids is 1. The number of hydrogen-bond acceptors (Lipinski definition) is 1. The normalized spacial score (nSPS) is 27.6. The fourth-order valence-electron chi connectivity index (χ4n) is 6.93. The van der Waals surface area contributed by atoms with Crippen LogP contribution in [-0.4, -0.2) is 27.6 Å². The van der Waals surface area contributed by atoms with Crippen LogP contribution >= 0.6 is 0 Å². The molecule has 0 spiro atoms. The van der Waals surface area contributed by atoms with Crippen LogP contribution in [0.1, 0.15) is 55.3 Å². The molecule has 0 saturated heterocycles. The zero-order valence-corrected chi connectivity index (χ0v) is 19.4. The van der Waals surface area contributed by atoms with Gasteiger partial charge in [0.15, 0.2) is 0 Å². The standard InChI is InChI=1S/C27H32F3N3O/c1-2-8-33(25(34)31-26-14-20-10-21(15-26)12-22(11-20)16-26)18-24-7-4-9-32(24)17-19-5-3-6-23(13-19)27(28,29)30/h2-7,9,13,20-22H,1,8,10-12,14-18H2,(H,31,34). The van der Waals surface area contributed by atoms with E-state index in [1.807, 2.05) is 22.9 Å². The fourth-order valence-corrected chi connectivity index (χ4v) is 6.93. The van der Waals surface area contributed by atoms with Crippen LogP contribution in [0.3, 0.4) is 0 Å². The van der Waals surface area contributed by atoms with Gasteiger partial charge in [0.1, 0.15) is 0 Å². The molecule has 1 aromatic carbocycles. The topological polar surface area (TPSA) is 37.3 Å². The SMILES string of the molecule is C=CCN(Cc1cccn1Cc1cccc(C(F)(F)F)c1)C(=O)NC12CC3CC(CC(C3)C1)C2. The molecule has 4 nitrogen and oxygen atoms in total. The second kappa shape index (κ2) is 8.82. The molecular weight excluding hydrogens is 439 g/mol. The number of hydrogen-bond donors (Lipinski definition) is 1. The van der Waals surface area contributed by atoms with Crippen LogP contribution in [-0.2, 0) is 19.3 Å². The van der Waals surface area contributed by atoms with Crippen LogP contribution in [0.15, 0.2) is 55.3 Å². The summed E-state index contributed by atoms with van der Waals surface area (Å²) in [5.41, 5.74) is 0.716. The summed E-state index contributed by atoms with van der Waals surface area (Å²) in [6, 6.07) is 9.11. The second-order valence-electron chi connectivity index (χ2n) is 10.6. The van der Waals surface area contributed by atoms with Crippen molar-refractivity contribution in [3.8, 4) is 0 Å². The average molecular weight is 472 g/mol. The Labute approximate surface area is 198 Å². The minimum Gasteiger partial charge on any atom is -0.345 e. The maximum atomic E-state index is 13.4. The molecule has 2 aromatic rings. The second-order valence-corrected chi connectivity index (χ2v) is 10.6. The lowest BCUT2D eigenvalue weighted by molar-refractivity contribution is -0.137. The van der Waals surface area contributed by atoms with E-state index in [-0.39, 0.29) is 11.6 Å². The molecule has 4 aliphatic carbocycles. The summed E-state index contributed by atoms with van der Waals surface area (Å²) in [6.45, 7) is 4.92. The number of alkyl halides is 3. The number of carbonyl (C=O) groups is 1. The Morgan fingerprint density at radius 1 is 1.12 bits per heavy atom. The van der Waals surface area contributed by atoms with E-state index in [2.05, 4.69) is 11.9 Å². The molecular formula is C27H32F3N3O. The van der Waals surface area contributed by atoms with Crippen molar-refractivity contribution in [2.45, 2.75) is 63.3 Å². The van der Waals surface area contributed by atoms with E-state index in [9.17, 15) is 18.0 Å². The van der Waals surface area contributed by atoms with Crippen molar-refractivity contribution in [1.82, 2.24) is 14.8 Å². The van der Waals surface area contributed by atoms with Gasteiger partial charge < -0.3 is 14.8 Å². The Morgan fingerprint density at radius 2 is 1.79 bits per heavy atom.